The number of piperazine rings is 1. The minimum absolute atomic E-state index is 0.0129. The number of halogens is 1. The molecule has 2 aliphatic rings. The molecule has 0 spiro atoms. The highest BCUT2D eigenvalue weighted by molar-refractivity contribution is 7.07. The number of carbonyl (C=O) groups excluding carboxylic acids is 2. The molecule has 10 heteroatoms. The lowest BCUT2D eigenvalue weighted by atomic mass is 10.0. The van der Waals surface area contributed by atoms with Crippen LogP contribution < -0.4 is 0 Å². The molecule has 0 atom stereocenters. The van der Waals surface area contributed by atoms with E-state index in [1.807, 2.05) is 21.9 Å². The van der Waals surface area contributed by atoms with Gasteiger partial charge in [0.15, 0.2) is 0 Å². The summed E-state index contributed by atoms with van der Waals surface area (Å²) in [6, 6.07) is 12.0. The molecule has 4 aromatic rings. The zero-order valence-corrected chi connectivity index (χ0v) is 19.7. The Morgan fingerprint density at radius 1 is 1.00 bits per heavy atom. The van der Waals surface area contributed by atoms with Crippen molar-refractivity contribution in [2.45, 2.75) is 6.04 Å². The van der Waals surface area contributed by atoms with Crippen LogP contribution in [-0.4, -0.2) is 86.8 Å². The molecule has 2 fully saturated rings. The van der Waals surface area contributed by atoms with Gasteiger partial charge < -0.3 is 14.8 Å². The number of fused-ring (bicyclic) bond motifs is 1. The number of nitrogens with zero attached hydrogens (tertiary/aromatic N) is 5. The van der Waals surface area contributed by atoms with Gasteiger partial charge in [0.05, 0.1) is 16.6 Å². The van der Waals surface area contributed by atoms with Gasteiger partial charge in [0, 0.05) is 56.3 Å². The van der Waals surface area contributed by atoms with Gasteiger partial charge in [-0.1, -0.05) is 18.2 Å². The highest BCUT2D eigenvalue weighted by Gasteiger charge is 2.37. The van der Waals surface area contributed by atoms with E-state index in [0.29, 0.717) is 54.3 Å². The summed E-state index contributed by atoms with van der Waals surface area (Å²) in [4.78, 5) is 43.8. The van der Waals surface area contributed by atoms with Gasteiger partial charge in [-0.05, 0) is 24.3 Å². The normalized spacial score (nSPS) is 17.1. The van der Waals surface area contributed by atoms with E-state index in [2.05, 4.69) is 19.9 Å². The van der Waals surface area contributed by atoms with Crippen LogP contribution in [0, 0.1) is 5.82 Å². The van der Waals surface area contributed by atoms with Crippen molar-refractivity contribution in [3.8, 4) is 11.4 Å². The first-order valence-electron chi connectivity index (χ1n) is 11.5. The SMILES string of the molecule is O=C(c1cscn1)N1CCN(C2CN(C(=O)c3cccc4[nH]c(-c5cccc(F)c5)nc34)C2)CC1. The maximum atomic E-state index is 13.7. The standard InChI is InChI=1S/C25H23FN6O2S/c26-17-4-1-3-16(11-17)23-28-20-6-2-5-19(22(20)29-23)24(33)32-12-18(13-32)30-7-9-31(10-8-30)25(34)21-14-35-15-27-21/h1-6,11,14-15,18H,7-10,12-13H2,(H,28,29). The number of H-pyrrole nitrogens is 1. The molecule has 1 N–H and O–H groups in total. The highest BCUT2D eigenvalue weighted by Crippen LogP contribution is 2.26. The first kappa shape index (κ1) is 21.9. The number of nitrogens with one attached hydrogen (secondary N) is 1. The van der Waals surface area contributed by atoms with Gasteiger partial charge in [-0.25, -0.2) is 14.4 Å². The molecule has 2 amide bonds. The summed E-state index contributed by atoms with van der Waals surface area (Å²) in [5, 5.41) is 1.78. The first-order valence-corrected chi connectivity index (χ1v) is 12.5. The van der Waals surface area contributed by atoms with Crippen molar-refractivity contribution in [1.82, 2.24) is 29.7 Å². The molecule has 8 nitrogen and oxygen atoms in total. The van der Waals surface area contributed by atoms with Gasteiger partial charge in [-0.3, -0.25) is 14.5 Å². The van der Waals surface area contributed by atoms with Crippen molar-refractivity contribution in [3.63, 3.8) is 0 Å². The number of amides is 2. The minimum Gasteiger partial charge on any atom is -0.338 e. The molecular formula is C25H23FN6O2S. The Labute approximate surface area is 205 Å². The van der Waals surface area contributed by atoms with Crippen LogP contribution in [0.3, 0.4) is 0 Å². The lowest BCUT2D eigenvalue weighted by Gasteiger charge is -2.48. The third-order valence-electron chi connectivity index (χ3n) is 6.76. The molecule has 0 aliphatic carbocycles. The van der Waals surface area contributed by atoms with Crippen LogP contribution in [0.25, 0.3) is 22.4 Å². The number of benzene rings is 2. The molecule has 2 aromatic heterocycles. The van der Waals surface area contributed by atoms with Crippen LogP contribution >= 0.6 is 11.3 Å². The molecule has 2 saturated heterocycles. The molecular weight excluding hydrogens is 467 g/mol. The molecule has 2 aliphatic heterocycles. The molecule has 0 radical (unpaired) electrons. The Balaban J connectivity index is 1.10. The van der Waals surface area contributed by atoms with E-state index in [1.54, 1.807) is 29.1 Å². The topological polar surface area (TPSA) is 85.4 Å². The van der Waals surface area contributed by atoms with Gasteiger partial charge in [-0.2, -0.15) is 0 Å². The summed E-state index contributed by atoms with van der Waals surface area (Å²) in [7, 11) is 0. The molecule has 2 aromatic carbocycles. The minimum atomic E-state index is -0.334. The molecule has 0 bridgehead atoms. The van der Waals surface area contributed by atoms with E-state index in [-0.39, 0.29) is 23.7 Å². The van der Waals surface area contributed by atoms with Crippen LogP contribution in [0.1, 0.15) is 20.8 Å². The van der Waals surface area contributed by atoms with Crippen LogP contribution in [0.5, 0.6) is 0 Å². The molecule has 178 valence electrons. The Morgan fingerprint density at radius 3 is 2.54 bits per heavy atom. The second-order valence-corrected chi connectivity index (χ2v) is 9.58. The summed E-state index contributed by atoms with van der Waals surface area (Å²) in [5.41, 5.74) is 4.70. The van der Waals surface area contributed by atoms with Crippen LogP contribution in [-0.2, 0) is 0 Å². The van der Waals surface area contributed by atoms with E-state index in [9.17, 15) is 14.0 Å². The summed E-state index contributed by atoms with van der Waals surface area (Å²) in [6.45, 7) is 4.20. The van der Waals surface area contributed by atoms with Gasteiger partial charge in [0.2, 0.25) is 0 Å². The Hall–Kier alpha value is -3.63. The van der Waals surface area contributed by atoms with E-state index in [1.165, 1.54) is 23.5 Å². The summed E-state index contributed by atoms with van der Waals surface area (Å²) >= 11 is 1.42. The zero-order valence-electron chi connectivity index (χ0n) is 18.9. The molecule has 0 unspecified atom stereocenters. The average molecular weight is 491 g/mol. The number of imidazole rings is 1. The van der Waals surface area contributed by atoms with E-state index in [0.717, 1.165) is 18.6 Å². The molecule has 6 rings (SSSR count). The predicted molar refractivity (Wildman–Crippen MR) is 131 cm³/mol. The molecule has 0 saturated carbocycles. The smallest absolute Gasteiger partial charge is 0.273 e. The van der Waals surface area contributed by atoms with Crippen molar-refractivity contribution in [2.75, 3.05) is 39.3 Å². The lowest BCUT2D eigenvalue weighted by molar-refractivity contribution is 0.00853. The number of aromatic amines is 1. The maximum absolute atomic E-state index is 13.7. The fraction of sp³-hybridized carbons (Fsp3) is 0.280. The lowest BCUT2D eigenvalue weighted by Crippen LogP contribution is -2.64. The molecule has 4 heterocycles. The fourth-order valence-corrected chi connectivity index (χ4v) is 5.30. The number of hydrogen-bond donors (Lipinski definition) is 1. The number of aromatic nitrogens is 3. The Bertz CT molecular complexity index is 1390. The largest absolute Gasteiger partial charge is 0.338 e. The fourth-order valence-electron chi connectivity index (χ4n) is 4.77. The number of rotatable bonds is 4. The van der Waals surface area contributed by atoms with E-state index < -0.39 is 0 Å². The number of thiazole rings is 1. The quantitative estimate of drug-likeness (QED) is 0.475. The Morgan fingerprint density at radius 2 is 1.80 bits per heavy atom. The number of para-hydroxylation sites is 1. The van der Waals surface area contributed by atoms with Crippen molar-refractivity contribution in [1.29, 1.82) is 0 Å². The van der Waals surface area contributed by atoms with Crippen LogP contribution in [0.4, 0.5) is 4.39 Å². The van der Waals surface area contributed by atoms with Gasteiger partial charge in [-0.15, -0.1) is 11.3 Å². The van der Waals surface area contributed by atoms with E-state index >= 15 is 0 Å². The summed E-state index contributed by atoms with van der Waals surface area (Å²) in [5.74, 6) is 0.132. The van der Waals surface area contributed by atoms with Gasteiger partial charge in [0.25, 0.3) is 11.8 Å². The second-order valence-electron chi connectivity index (χ2n) is 8.86. The number of likely N-dealkylation sites (tertiary alicyclic amines) is 1. The van der Waals surface area contributed by atoms with Crippen molar-refractivity contribution in [2.24, 2.45) is 0 Å². The van der Waals surface area contributed by atoms with Crippen molar-refractivity contribution in [3.05, 3.63) is 70.4 Å². The number of hydrogen-bond acceptors (Lipinski definition) is 6. The third kappa shape index (κ3) is 4.08. The van der Waals surface area contributed by atoms with Gasteiger partial charge in [0.1, 0.15) is 22.9 Å². The maximum Gasteiger partial charge on any atom is 0.273 e. The monoisotopic (exact) mass is 490 g/mol. The summed E-state index contributed by atoms with van der Waals surface area (Å²) < 4.78 is 13.7. The van der Waals surface area contributed by atoms with E-state index in [4.69, 9.17) is 0 Å². The molecule has 35 heavy (non-hydrogen) atoms. The van der Waals surface area contributed by atoms with Gasteiger partial charge >= 0.3 is 0 Å². The van der Waals surface area contributed by atoms with Crippen molar-refractivity contribution < 1.29 is 14.0 Å². The summed E-state index contributed by atoms with van der Waals surface area (Å²) in [6.07, 6.45) is 0. The highest BCUT2D eigenvalue weighted by atomic mass is 32.1. The zero-order chi connectivity index (χ0) is 23.9. The second kappa shape index (κ2) is 8.86. The van der Waals surface area contributed by atoms with Crippen LogP contribution in [0.15, 0.2) is 53.4 Å². The van der Waals surface area contributed by atoms with Crippen molar-refractivity contribution >= 4 is 34.2 Å². The number of carbonyl (C=O) groups is 2. The predicted octanol–water partition coefficient (Wildman–Crippen LogP) is 3.11. The van der Waals surface area contributed by atoms with Crippen LogP contribution in [0.2, 0.25) is 0 Å². The third-order valence-corrected chi connectivity index (χ3v) is 7.35. The first-order chi connectivity index (χ1) is 17.1. The Kier molecular flexibility index (Phi) is 5.54. The average Bonchev–Trinajstić information content (AvgIpc) is 3.53.